The molecule has 0 saturated carbocycles. The van der Waals surface area contributed by atoms with E-state index < -0.39 is 17.3 Å². The van der Waals surface area contributed by atoms with Crippen LogP contribution in [0.5, 0.6) is 0 Å². The highest BCUT2D eigenvalue weighted by Gasteiger charge is 2.09. The summed E-state index contributed by atoms with van der Waals surface area (Å²) in [6.07, 6.45) is -0.601. The number of aliphatic hydroxyl groups is 1. The van der Waals surface area contributed by atoms with Gasteiger partial charge >= 0.3 is 5.97 Å². The number of hydrogen-bond donors (Lipinski definition) is 2. The van der Waals surface area contributed by atoms with Gasteiger partial charge in [-0.05, 0) is 13.8 Å². The monoisotopic (exact) mass is 164 g/mol. The van der Waals surface area contributed by atoms with E-state index in [0.29, 0.717) is 0 Å². The van der Waals surface area contributed by atoms with Gasteiger partial charge < -0.3 is 9.84 Å². The maximum atomic E-state index is 10.6. The van der Waals surface area contributed by atoms with Gasteiger partial charge in [-0.25, -0.2) is 0 Å². The van der Waals surface area contributed by atoms with Crippen molar-refractivity contribution in [1.29, 1.82) is 0 Å². The molecule has 60 valence electrons. The zero-order chi connectivity index (χ0) is 8.15. The summed E-state index contributed by atoms with van der Waals surface area (Å²) in [5, 5.41) is 8.26. The molecule has 0 radical (unpaired) electrons. The summed E-state index contributed by atoms with van der Waals surface area (Å²) in [4.78, 5) is 10.6. The molecule has 0 aliphatic rings. The van der Waals surface area contributed by atoms with Crippen LogP contribution in [0, 0.1) is 0 Å². The van der Waals surface area contributed by atoms with Crippen LogP contribution in [0.3, 0.4) is 0 Å². The van der Waals surface area contributed by atoms with Crippen molar-refractivity contribution >= 4 is 18.6 Å². The first-order valence-corrected chi connectivity index (χ1v) is 3.58. The van der Waals surface area contributed by atoms with E-state index in [9.17, 15) is 4.79 Å². The molecule has 10 heavy (non-hydrogen) atoms. The molecule has 0 aliphatic heterocycles. The molecule has 0 aromatic heterocycles. The zero-order valence-corrected chi connectivity index (χ0v) is 6.97. The Hall–Kier alpha value is -0.220. The normalized spacial score (nSPS) is 16.0. The molecular weight excluding hydrogens is 152 g/mol. The molecule has 0 aromatic rings. The van der Waals surface area contributed by atoms with E-state index >= 15 is 0 Å². The molecule has 0 saturated heterocycles. The minimum Gasteiger partial charge on any atom is -0.462 e. The summed E-state index contributed by atoms with van der Waals surface area (Å²) in [7, 11) is 0. The van der Waals surface area contributed by atoms with E-state index in [1.165, 1.54) is 0 Å². The van der Waals surface area contributed by atoms with Crippen LogP contribution < -0.4 is 0 Å². The summed E-state index contributed by atoms with van der Waals surface area (Å²) in [5.41, 5.74) is 0. The molecule has 0 aliphatic carbocycles. The number of rotatable bonds is 3. The number of esters is 1. The van der Waals surface area contributed by atoms with Crippen molar-refractivity contribution in [3.05, 3.63) is 0 Å². The third kappa shape index (κ3) is 4.64. The molecule has 0 rings (SSSR count). The van der Waals surface area contributed by atoms with Gasteiger partial charge in [-0.3, -0.25) is 4.79 Å². The van der Waals surface area contributed by atoms with Crippen molar-refractivity contribution in [3.8, 4) is 0 Å². The molecule has 0 heterocycles. The van der Waals surface area contributed by atoms with E-state index in [1.807, 2.05) is 0 Å². The standard InChI is InChI=1S/C6H12O3S/c1-4(7)3-9-6(8)5(2)10/h4-5,7,10H,3H2,1-2H3. The Kier molecular flexibility index (Phi) is 4.47. The number of carbonyl (C=O) groups excluding carboxylic acids is 1. The van der Waals surface area contributed by atoms with Crippen molar-refractivity contribution in [1.82, 2.24) is 0 Å². The van der Waals surface area contributed by atoms with Crippen molar-refractivity contribution < 1.29 is 14.6 Å². The summed E-state index contributed by atoms with van der Waals surface area (Å²) in [5.74, 6) is -0.399. The van der Waals surface area contributed by atoms with E-state index in [0.717, 1.165) is 0 Å². The zero-order valence-electron chi connectivity index (χ0n) is 6.07. The fraction of sp³-hybridized carbons (Fsp3) is 0.833. The Morgan fingerprint density at radius 3 is 2.50 bits per heavy atom. The molecule has 0 aromatic carbocycles. The lowest BCUT2D eigenvalue weighted by Gasteiger charge is -2.07. The Morgan fingerprint density at radius 2 is 2.20 bits per heavy atom. The highest BCUT2D eigenvalue weighted by atomic mass is 32.1. The van der Waals surface area contributed by atoms with E-state index in [2.05, 4.69) is 17.4 Å². The van der Waals surface area contributed by atoms with Gasteiger partial charge in [-0.1, -0.05) is 0 Å². The summed E-state index contributed by atoms with van der Waals surface area (Å²) < 4.78 is 4.60. The van der Waals surface area contributed by atoms with Gasteiger partial charge in [0.1, 0.15) is 6.61 Å². The molecule has 3 nitrogen and oxygen atoms in total. The minimum absolute atomic E-state index is 0.0454. The van der Waals surface area contributed by atoms with Crippen molar-refractivity contribution in [2.45, 2.75) is 25.2 Å². The molecule has 1 N–H and O–H groups in total. The highest BCUT2D eigenvalue weighted by molar-refractivity contribution is 7.81. The van der Waals surface area contributed by atoms with Gasteiger partial charge in [0, 0.05) is 0 Å². The van der Waals surface area contributed by atoms with Crippen LogP contribution in [0.2, 0.25) is 0 Å². The predicted molar refractivity (Wildman–Crippen MR) is 41.1 cm³/mol. The lowest BCUT2D eigenvalue weighted by molar-refractivity contribution is -0.145. The Labute approximate surface area is 65.8 Å². The smallest absolute Gasteiger partial charge is 0.318 e. The quantitative estimate of drug-likeness (QED) is 0.463. The number of carbonyl (C=O) groups is 1. The van der Waals surface area contributed by atoms with Gasteiger partial charge in [-0.2, -0.15) is 12.6 Å². The molecule has 0 fully saturated rings. The van der Waals surface area contributed by atoms with E-state index in [4.69, 9.17) is 5.11 Å². The van der Waals surface area contributed by atoms with Crippen LogP contribution in [-0.2, 0) is 9.53 Å². The Bertz CT molecular complexity index is 112. The molecule has 0 amide bonds. The Balaban J connectivity index is 3.40. The van der Waals surface area contributed by atoms with Gasteiger partial charge in [0.15, 0.2) is 0 Å². The average Bonchev–Trinajstić information content (AvgIpc) is 1.82. The number of ether oxygens (including phenoxy) is 1. The molecule has 2 unspecified atom stereocenters. The predicted octanol–water partition coefficient (Wildman–Crippen LogP) is 0.229. The van der Waals surface area contributed by atoms with E-state index in [-0.39, 0.29) is 6.61 Å². The van der Waals surface area contributed by atoms with Gasteiger partial charge in [0.2, 0.25) is 0 Å². The van der Waals surface area contributed by atoms with Crippen LogP contribution in [-0.4, -0.2) is 29.0 Å². The third-order valence-electron chi connectivity index (χ3n) is 0.808. The van der Waals surface area contributed by atoms with Crippen molar-refractivity contribution in [2.75, 3.05) is 6.61 Å². The fourth-order valence-electron chi connectivity index (χ4n) is 0.323. The number of hydrogen-bond acceptors (Lipinski definition) is 4. The SMILES string of the molecule is CC(O)COC(=O)C(C)S. The molecular formula is C6H12O3S. The largest absolute Gasteiger partial charge is 0.462 e. The van der Waals surface area contributed by atoms with Crippen LogP contribution in [0.4, 0.5) is 0 Å². The first kappa shape index (κ1) is 9.78. The first-order chi connectivity index (χ1) is 4.54. The number of aliphatic hydroxyl groups excluding tert-OH is 1. The van der Waals surface area contributed by atoms with Crippen LogP contribution >= 0.6 is 12.6 Å². The summed E-state index contributed by atoms with van der Waals surface area (Å²) in [6, 6.07) is 0. The summed E-state index contributed by atoms with van der Waals surface area (Å²) >= 11 is 3.84. The maximum Gasteiger partial charge on any atom is 0.318 e. The Morgan fingerprint density at radius 1 is 1.70 bits per heavy atom. The first-order valence-electron chi connectivity index (χ1n) is 3.06. The average molecular weight is 164 g/mol. The molecule has 0 bridgehead atoms. The highest BCUT2D eigenvalue weighted by Crippen LogP contribution is 1.96. The van der Waals surface area contributed by atoms with Crippen LogP contribution in [0.1, 0.15) is 13.8 Å². The van der Waals surface area contributed by atoms with Crippen molar-refractivity contribution in [3.63, 3.8) is 0 Å². The lowest BCUT2D eigenvalue weighted by Crippen LogP contribution is -2.20. The second kappa shape index (κ2) is 4.57. The molecule has 0 spiro atoms. The van der Waals surface area contributed by atoms with E-state index in [1.54, 1.807) is 13.8 Å². The second-order valence-corrected chi connectivity index (χ2v) is 2.93. The number of thiol groups is 1. The van der Waals surface area contributed by atoms with Crippen LogP contribution in [0.15, 0.2) is 0 Å². The van der Waals surface area contributed by atoms with Crippen molar-refractivity contribution in [2.24, 2.45) is 0 Å². The van der Waals surface area contributed by atoms with Gasteiger partial charge in [0.05, 0.1) is 11.4 Å². The minimum atomic E-state index is -0.601. The summed E-state index contributed by atoms with van der Waals surface area (Å²) in [6.45, 7) is 3.22. The van der Waals surface area contributed by atoms with Gasteiger partial charge in [-0.15, -0.1) is 0 Å². The molecule has 2 atom stereocenters. The maximum absolute atomic E-state index is 10.6. The fourth-order valence-corrected chi connectivity index (χ4v) is 0.398. The lowest BCUT2D eigenvalue weighted by atomic mass is 10.4. The topological polar surface area (TPSA) is 46.5 Å². The van der Waals surface area contributed by atoms with Crippen LogP contribution in [0.25, 0.3) is 0 Å². The second-order valence-electron chi connectivity index (χ2n) is 2.16. The van der Waals surface area contributed by atoms with Gasteiger partial charge in [0.25, 0.3) is 0 Å². The molecule has 4 heteroatoms. The third-order valence-corrected chi connectivity index (χ3v) is 1.02.